The van der Waals surface area contributed by atoms with Gasteiger partial charge in [0.1, 0.15) is 0 Å². The van der Waals surface area contributed by atoms with Crippen molar-refractivity contribution in [1.29, 1.82) is 0 Å². The van der Waals surface area contributed by atoms with Gasteiger partial charge in [0.2, 0.25) is 0 Å². The van der Waals surface area contributed by atoms with Crippen molar-refractivity contribution in [2.24, 2.45) is 10.7 Å². The highest BCUT2D eigenvalue weighted by molar-refractivity contribution is 14.1. The number of hydrogen-bond acceptors (Lipinski definition) is 2. The van der Waals surface area contributed by atoms with Gasteiger partial charge >= 0.3 is 0 Å². The van der Waals surface area contributed by atoms with Crippen LogP contribution in [-0.4, -0.2) is 37.0 Å². The number of nitrogens with two attached hydrogens (primary N) is 1. The van der Waals surface area contributed by atoms with E-state index >= 15 is 0 Å². The second-order valence-corrected chi connectivity index (χ2v) is 7.11. The summed E-state index contributed by atoms with van der Waals surface area (Å²) in [5.41, 5.74) is 7.14. The Morgan fingerprint density at radius 2 is 1.91 bits per heavy atom. The molecular weight excluding hydrogens is 387 g/mol. The SMILES string of the molecule is NC(=NCc1cccc(I)c1)NCCN1CCCCCCC1. The van der Waals surface area contributed by atoms with E-state index in [9.17, 15) is 0 Å². The van der Waals surface area contributed by atoms with Gasteiger partial charge in [0.25, 0.3) is 0 Å². The molecule has 1 aliphatic rings. The zero-order valence-electron chi connectivity index (χ0n) is 13.2. The Morgan fingerprint density at radius 1 is 1.18 bits per heavy atom. The molecule has 1 aliphatic heterocycles. The van der Waals surface area contributed by atoms with Crippen molar-refractivity contribution >= 4 is 28.6 Å². The third kappa shape index (κ3) is 6.96. The Bertz CT molecular complexity index is 467. The number of guanidine groups is 1. The van der Waals surface area contributed by atoms with Crippen molar-refractivity contribution in [2.75, 3.05) is 26.2 Å². The van der Waals surface area contributed by atoms with Crippen LogP contribution in [0.4, 0.5) is 0 Å². The number of nitrogens with one attached hydrogen (secondary N) is 1. The fraction of sp³-hybridized carbons (Fsp3) is 0.588. The number of rotatable bonds is 5. The van der Waals surface area contributed by atoms with Crippen molar-refractivity contribution in [3.8, 4) is 0 Å². The summed E-state index contributed by atoms with van der Waals surface area (Å²) in [6, 6.07) is 8.35. The van der Waals surface area contributed by atoms with E-state index in [4.69, 9.17) is 5.73 Å². The number of hydrogen-bond donors (Lipinski definition) is 2. The van der Waals surface area contributed by atoms with Crippen LogP contribution < -0.4 is 11.1 Å². The van der Waals surface area contributed by atoms with Gasteiger partial charge in [0.05, 0.1) is 6.54 Å². The summed E-state index contributed by atoms with van der Waals surface area (Å²) in [7, 11) is 0. The smallest absolute Gasteiger partial charge is 0.188 e. The number of halogens is 1. The Balaban J connectivity index is 1.68. The van der Waals surface area contributed by atoms with Crippen LogP contribution >= 0.6 is 22.6 Å². The summed E-state index contributed by atoms with van der Waals surface area (Å²) in [6.07, 6.45) is 6.82. The minimum atomic E-state index is 0.547. The molecule has 0 aliphatic carbocycles. The summed E-state index contributed by atoms with van der Waals surface area (Å²) in [5, 5.41) is 3.24. The van der Waals surface area contributed by atoms with Gasteiger partial charge in [-0.15, -0.1) is 0 Å². The average molecular weight is 414 g/mol. The first-order valence-electron chi connectivity index (χ1n) is 8.24. The topological polar surface area (TPSA) is 53.6 Å². The maximum atomic E-state index is 5.95. The maximum absolute atomic E-state index is 5.95. The Labute approximate surface area is 147 Å². The summed E-state index contributed by atoms with van der Waals surface area (Å²) in [6.45, 7) is 5.02. The molecule has 1 heterocycles. The standard InChI is InChI=1S/C17H27IN4/c18-16-8-6-7-15(13-16)14-21-17(19)20-9-12-22-10-4-2-1-3-5-11-22/h6-8,13H,1-5,9-12,14H2,(H3,19,20,21). The predicted octanol–water partition coefficient (Wildman–Crippen LogP) is 2.96. The molecule has 22 heavy (non-hydrogen) atoms. The van der Waals surface area contributed by atoms with Gasteiger partial charge < -0.3 is 16.0 Å². The minimum Gasteiger partial charge on any atom is -0.370 e. The molecule has 1 aromatic carbocycles. The Hall–Kier alpha value is -0.820. The highest BCUT2D eigenvalue weighted by Crippen LogP contribution is 2.10. The van der Waals surface area contributed by atoms with E-state index in [0.717, 1.165) is 13.1 Å². The van der Waals surface area contributed by atoms with Crippen LogP contribution in [0.15, 0.2) is 29.3 Å². The second-order valence-electron chi connectivity index (χ2n) is 5.87. The van der Waals surface area contributed by atoms with Gasteiger partial charge in [-0.05, 0) is 66.2 Å². The largest absolute Gasteiger partial charge is 0.370 e. The fourth-order valence-electron chi connectivity index (χ4n) is 2.75. The molecule has 2 rings (SSSR count). The zero-order chi connectivity index (χ0) is 15.6. The van der Waals surface area contributed by atoms with E-state index in [1.807, 2.05) is 0 Å². The number of likely N-dealkylation sites (tertiary alicyclic amines) is 1. The molecule has 122 valence electrons. The number of aliphatic imine (C=N–C) groups is 1. The van der Waals surface area contributed by atoms with E-state index in [0.29, 0.717) is 12.5 Å². The monoisotopic (exact) mass is 414 g/mol. The second kappa shape index (κ2) is 10.0. The lowest BCUT2D eigenvalue weighted by molar-refractivity contribution is 0.251. The predicted molar refractivity (Wildman–Crippen MR) is 102 cm³/mol. The summed E-state index contributed by atoms with van der Waals surface area (Å²) >= 11 is 2.31. The summed E-state index contributed by atoms with van der Waals surface area (Å²) in [4.78, 5) is 6.95. The first kappa shape index (κ1) is 17.5. The zero-order valence-corrected chi connectivity index (χ0v) is 15.4. The lowest BCUT2D eigenvalue weighted by atomic mass is 10.1. The molecule has 0 amide bonds. The highest BCUT2D eigenvalue weighted by Gasteiger charge is 2.07. The minimum absolute atomic E-state index is 0.547. The molecule has 0 unspecified atom stereocenters. The van der Waals surface area contributed by atoms with Crippen LogP contribution in [0.3, 0.4) is 0 Å². The molecule has 1 aromatic rings. The third-order valence-electron chi connectivity index (χ3n) is 4.00. The van der Waals surface area contributed by atoms with Gasteiger partial charge in [-0.25, -0.2) is 4.99 Å². The van der Waals surface area contributed by atoms with Crippen LogP contribution in [0.5, 0.6) is 0 Å². The normalized spacial score (nSPS) is 17.8. The van der Waals surface area contributed by atoms with E-state index in [1.165, 1.54) is 54.3 Å². The van der Waals surface area contributed by atoms with Crippen molar-refractivity contribution in [3.63, 3.8) is 0 Å². The fourth-order valence-corrected chi connectivity index (χ4v) is 3.35. The average Bonchev–Trinajstić information content (AvgIpc) is 2.47. The molecule has 0 atom stereocenters. The molecule has 0 bridgehead atoms. The van der Waals surface area contributed by atoms with Gasteiger partial charge in [-0.1, -0.05) is 31.4 Å². The molecule has 0 spiro atoms. The summed E-state index contributed by atoms with van der Waals surface area (Å²) in [5.74, 6) is 0.547. The van der Waals surface area contributed by atoms with Crippen LogP contribution in [-0.2, 0) is 6.54 Å². The van der Waals surface area contributed by atoms with E-state index in [-0.39, 0.29) is 0 Å². The third-order valence-corrected chi connectivity index (χ3v) is 4.67. The molecule has 4 nitrogen and oxygen atoms in total. The molecule has 0 aromatic heterocycles. The van der Waals surface area contributed by atoms with Crippen molar-refractivity contribution in [2.45, 2.75) is 38.6 Å². The van der Waals surface area contributed by atoms with Crippen molar-refractivity contribution in [1.82, 2.24) is 10.2 Å². The van der Waals surface area contributed by atoms with E-state index < -0.39 is 0 Å². The van der Waals surface area contributed by atoms with Gasteiger partial charge in [0, 0.05) is 16.7 Å². The number of nitrogens with zero attached hydrogens (tertiary/aromatic N) is 2. The molecule has 1 fully saturated rings. The van der Waals surface area contributed by atoms with Crippen molar-refractivity contribution in [3.05, 3.63) is 33.4 Å². The lowest BCUT2D eigenvalue weighted by Crippen LogP contribution is -2.39. The lowest BCUT2D eigenvalue weighted by Gasteiger charge is -2.24. The number of benzene rings is 1. The molecule has 0 saturated carbocycles. The molecule has 5 heteroatoms. The first-order chi connectivity index (χ1) is 10.7. The molecule has 1 saturated heterocycles. The van der Waals surface area contributed by atoms with Crippen LogP contribution in [0.25, 0.3) is 0 Å². The summed E-state index contributed by atoms with van der Waals surface area (Å²) < 4.78 is 1.23. The molecule has 3 N–H and O–H groups in total. The van der Waals surface area contributed by atoms with Crippen LogP contribution in [0.2, 0.25) is 0 Å². The Kier molecular flexibility index (Phi) is 8.01. The molecular formula is C17H27IN4. The van der Waals surface area contributed by atoms with Crippen LogP contribution in [0.1, 0.15) is 37.7 Å². The first-order valence-corrected chi connectivity index (χ1v) is 9.32. The van der Waals surface area contributed by atoms with Gasteiger partial charge in [-0.3, -0.25) is 0 Å². The highest BCUT2D eigenvalue weighted by atomic mass is 127. The van der Waals surface area contributed by atoms with Crippen molar-refractivity contribution < 1.29 is 0 Å². The van der Waals surface area contributed by atoms with Gasteiger partial charge in [-0.2, -0.15) is 0 Å². The van der Waals surface area contributed by atoms with E-state index in [1.54, 1.807) is 0 Å². The quantitative estimate of drug-likeness (QED) is 0.443. The molecule has 0 radical (unpaired) electrons. The maximum Gasteiger partial charge on any atom is 0.188 e. The van der Waals surface area contributed by atoms with E-state index in [2.05, 4.69) is 62.1 Å². The van der Waals surface area contributed by atoms with Crippen LogP contribution in [0, 0.1) is 3.57 Å². The van der Waals surface area contributed by atoms with Gasteiger partial charge in [0.15, 0.2) is 5.96 Å². The Morgan fingerprint density at radius 3 is 2.64 bits per heavy atom.